The minimum absolute atomic E-state index is 0.217. The quantitative estimate of drug-likeness (QED) is 0.706. The minimum Gasteiger partial charge on any atom is -0.465 e. The van der Waals surface area contributed by atoms with Gasteiger partial charge in [0.2, 0.25) is 0 Å². The zero-order chi connectivity index (χ0) is 19.7. The average molecular weight is 380 g/mol. The van der Waals surface area contributed by atoms with Crippen molar-refractivity contribution >= 4 is 22.8 Å². The van der Waals surface area contributed by atoms with Gasteiger partial charge in [0.05, 0.1) is 6.61 Å². The molecule has 2 heterocycles. The van der Waals surface area contributed by atoms with Crippen molar-refractivity contribution in [3.8, 4) is 0 Å². The van der Waals surface area contributed by atoms with Crippen molar-refractivity contribution in [2.45, 2.75) is 19.3 Å². The van der Waals surface area contributed by atoms with Crippen LogP contribution in [0.4, 0.5) is 4.39 Å². The minimum atomic E-state index is -0.589. The number of fused-ring (bicyclic) bond motifs is 3. The van der Waals surface area contributed by atoms with Gasteiger partial charge in [-0.2, -0.15) is 0 Å². The molecule has 1 atom stereocenters. The van der Waals surface area contributed by atoms with Crippen molar-refractivity contribution in [1.82, 2.24) is 9.88 Å². The Bertz CT molecular complexity index is 1030. The van der Waals surface area contributed by atoms with Crippen LogP contribution in [0.5, 0.6) is 0 Å². The van der Waals surface area contributed by atoms with E-state index in [1.54, 1.807) is 11.8 Å². The van der Waals surface area contributed by atoms with Crippen molar-refractivity contribution in [1.29, 1.82) is 0 Å². The van der Waals surface area contributed by atoms with E-state index in [4.69, 9.17) is 4.74 Å². The molecule has 1 aliphatic rings. The van der Waals surface area contributed by atoms with Gasteiger partial charge in [-0.25, -0.2) is 4.39 Å². The second kappa shape index (κ2) is 7.46. The van der Waals surface area contributed by atoms with E-state index in [-0.39, 0.29) is 25.0 Å². The number of nitrogens with one attached hydrogen (secondary N) is 1. The topological polar surface area (TPSA) is 62.4 Å². The molecule has 1 N–H and O–H groups in total. The number of ether oxygens (including phenoxy) is 1. The normalized spacial score (nSPS) is 16.5. The van der Waals surface area contributed by atoms with Crippen molar-refractivity contribution in [3.63, 3.8) is 0 Å². The Morgan fingerprint density at radius 3 is 2.68 bits per heavy atom. The number of nitrogens with zero attached hydrogens (tertiary/aromatic N) is 1. The van der Waals surface area contributed by atoms with Gasteiger partial charge in [-0.05, 0) is 49.2 Å². The van der Waals surface area contributed by atoms with E-state index in [9.17, 15) is 14.0 Å². The highest BCUT2D eigenvalue weighted by molar-refractivity contribution is 5.95. The summed E-state index contributed by atoms with van der Waals surface area (Å²) in [5.74, 6) is -1.55. The van der Waals surface area contributed by atoms with Gasteiger partial charge in [0.25, 0.3) is 5.91 Å². The zero-order valence-corrected chi connectivity index (χ0v) is 15.6. The van der Waals surface area contributed by atoms with Crippen molar-refractivity contribution in [2.75, 3.05) is 19.7 Å². The molecule has 1 aromatic heterocycles. The third-order valence-corrected chi connectivity index (χ3v) is 5.18. The van der Waals surface area contributed by atoms with Crippen molar-refractivity contribution < 1.29 is 18.7 Å². The highest BCUT2D eigenvalue weighted by Gasteiger charge is 2.34. The molecular formula is C22H21FN2O3. The Morgan fingerprint density at radius 2 is 1.93 bits per heavy atom. The number of carbonyl (C=O) groups excluding carboxylic acids is 2. The van der Waals surface area contributed by atoms with Crippen LogP contribution in [0.15, 0.2) is 48.5 Å². The van der Waals surface area contributed by atoms with Crippen LogP contribution in [-0.2, 0) is 16.0 Å². The average Bonchev–Trinajstić information content (AvgIpc) is 2.96. The van der Waals surface area contributed by atoms with Crippen LogP contribution in [0.1, 0.15) is 34.5 Å². The van der Waals surface area contributed by atoms with Crippen LogP contribution in [-0.4, -0.2) is 41.5 Å². The second-order valence-electron chi connectivity index (χ2n) is 6.88. The van der Waals surface area contributed by atoms with Gasteiger partial charge in [-0.3, -0.25) is 9.59 Å². The van der Waals surface area contributed by atoms with Gasteiger partial charge in [0.15, 0.2) is 0 Å². The predicted octanol–water partition coefficient (Wildman–Crippen LogP) is 3.65. The number of carbonyl (C=O) groups is 2. The van der Waals surface area contributed by atoms with Gasteiger partial charge in [-0.1, -0.05) is 18.2 Å². The monoisotopic (exact) mass is 380 g/mol. The first-order valence-corrected chi connectivity index (χ1v) is 9.39. The molecule has 0 saturated heterocycles. The smallest absolute Gasteiger partial charge is 0.316 e. The first-order valence-electron chi connectivity index (χ1n) is 9.39. The molecule has 0 spiro atoms. The molecule has 0 fully saturated rings. The third kappa shape index (κ3) is 3.26. The zero-order valence-electron chi connectivity index (χ0n) is 15.6. The van der Waals surface area contributed by atoms with Crippen LogP contribution in [0.2, 0.25) is 0 Å². The first kappa shape index (κ1) is 18.2. The van der Waals surface area contributed by atoms with Crippen LogP contribution >= 0.6 is 0 Å². The Kier molecular flexibility index (Phi) is 4.86. The Balaban J connectivity index is 1.71. The SMILES string of the molecule is CCOC(=O)C1CN(C(=O)c2ccc(F)cc2)CCc2c1[nH]c1ccccc21. The lowest BCUT2D eigenvalue weighted by Gasteiger charge is -2.24. The first-order chi connectivity index (χ1) is 13.6. The van der Waals surface area contributed by atoms with Crippen molar-refractivity contribution in [3.05, 3.63) is 71.2 Å². The van der Waals surface area contributed by atoms with Crippen LogP contribution in [0, 0.1) is 5.82 Å². The molecular weight excluding hydrogens is 359 g/mol. The molecule has 4 rings (SSSR count). The fourth-order valence-corrected chi connectivity index (χ4v) is 3.83. The molecule has 1 unspecified atom stereocenters. The molecule has 0 saturated carbocycles. The molecule has 1 amide bonds. The van der Waals surface area contributed by atoms with E-state index in [1.165, 1.54) is 24.3 Å². The number of aromatic amines is 1. The number of para-hydroxylation sites is 1. The highest BCUT2D eigenvalue weighted by atomic mass is 19.1. The summed E-state index contributed by atoms with van der Waals surface area (Å²) in [4.78, 5) is 30.7. The van der Waals surface area contributed by atoms with E-state index < -0.39 is 11.7 Å². The van der Waals surface area contributed by atoms with Crippen LogP contribution < -0.4 is 0 Å². The number of rotatable bonds is 3. The lowest BCUT2D eigenvalue weighted by molar-refractivity contribution is -0.145. The number of hydrogen-bond donors (Lipinski definition) is 1. The van der Waals surface area contributed by atoms with Crippen LogP contribution in [0.3, 0.4) is 0 Å². The van der Waals surface area contributed by atoms with E-state index in [1.807, 2.05) is 24.3 Å². The summed E-state index contributed by atoms with van der Waals surface area (Å²) in [7, 11) is 0. The van der Waals surface area contributed by atoms with Crippen molar-refractivity contribution in [2.24, 2.45) is 0 Å². The second-order valence-corrected chi connectivity index (χ2v) is 6.88. The van der Waals surface area contributed by atoms with Gasteiger partial charge in [0.1, 0.15) is 11.7 Å². The molecule has 6 heteroatoms. The number of hydrogen-bond acceptors (Lipinski definition) is 3. The summed E-state index contributed by atoms with van der Waals surface area (Å²) < 4.78 is 18.5. The van der Waals surface area contributed by atoms with Crippen LogP contribution in [0.25, 0.3) is 10.9 Å². The molecule has 3 aromatic rings. The summed E-state index contributed by atoms with van der Waals surface area (Å²) in [5.41, 5.74) is 3.23. The van der Waals surface area contributed by atoms with E-state index in [0.717, 1.165) is 22.2 Å². The largest absolute Gasteiger partial charge is 0.465 e. The lowest BCUT2D eigenvalue weighted by atomic mass is 10.00. The molecule has 0 aliphatic carbocycles. The number of halogens is 1. The summed E-state index contributed by atoms with van der Waals surface area (Å²) in [6.07, 6.45) is 0.627. The molecule has 0 bridgehead atoms. The molecule has 28 heavy (non-hydrogen) atoms. The van der Waals surface area contributed by atoms with Gasteiger partial charge in [-0.15, -0.1) is 0 Å². The maximum Gasteiger partial charge on any atom is 0.316 e. The van der Waals surface area contributed by atoms with Gasteiger partial charge >= 0.3 is 5.97 Å². The molecule has 2 aromatic carbocycles. The Morgan fingerprint density at radius 1 is 1.18 bits per heavy atom. The van der Waals surface area contributed by atoms with E-state index >= 15 is 0 Å². The third-order valence-electron chi connectivity index (χ3n) is 5.18. The highest BCUT2D eigenvalue weighted by Crippen LogP contribution is 2.32. The maximum atomic E-state index is 13.2. The fraction of sp³-hybridized carbons (Fsp3) is 0.273. The maximum absolute atomic E-state index is 13.2. The number of aromatic nitrogens is 1. The van der Waals surface area contributed by atoms with E-state index in [2.05, 4.69) is 4.98 Å². The summed E-state index contributed by atoms with van der Waals surface area (Å²) in [6, 6.07) is 13.4. The lowest BCUT2D eigenvalue weighted by Crippen LogP contribution is -2.37. The van der Waals surface area contributed by atoms with Gasteiger partial charge < -0.3 is 14.6 Å². The number of benzene rings is 2. The molecule has 144 valence electrons. The predicted molar refractivity (Wildman–Crippen MR) is 104 cm³/mol. The standard InChI is InChI=1S/C22H21FN2O3/c1-2-28-22(27)18-13-25(21(26)14-7-9-15(23)10-8-14)12-11-17-16-5-3-4-6-19(16)24-20(17)18/h3-10,18,24H,2,11-13H2,1H3. The molecule has 0 radical (unpaired) electrons. The molecule has 5 nitrogen and oxygen atoms in total. The number of esters is 1. The number of H-pyrrole nitrogens is 1. The Labute approximate surface area is 162 Å². The molecule has 1 aliphatic heterocycles. The summed E-state index contributed by atoms with van der Waals surface area (Å²) in [6.45, 7) is 2.73. The fourth-order valence-electron chi connectivity index (χ4n) is 3.83. The van der Waals surface area contributed by atoms with Gasteiger partial charge in [0, 0.05) is 35.2 Å². The Hall–Kier alpha value is -3.15. The summed E-state index contributed by atoms with van der Waals surface area (Å²) >= 11 is 0. The summed E-state index contributed by atoms with van der Waals surface area (Å²) in [5, 5.41) is 1.06. The van der Waals surface area contributed by atoms with E-state index in [0.29, 0.717) is 18.5 Å². The number of amides is 1.